The molecule has 0 fully saturated rings. The van der Waals surface area contributed by atoms with Crippen LogP contribution in [0.2, 0.25) is 0 Å². The molecule has 140 valence electrons. The topological polar surface area (TPSA) is 67.8 Å². The fourth-order valence-corrected chi connectivity index (χ4v) is 3.40. The molecule has 1 aliphatic heterocycles. The van der Waals surface area contributed by atoms with Crippen LogP contribution in [0.5, 0.6) is 5.75 Å². The Morgan fingerprint density at radius 2 is 1.96 bits per heavy atom. The van der Waals surface area contributed by atoms with E-state index in [1.54, 1.807) is 31.4 Å². The van der Waals surface area contributed by atoms with E-state index in [-0.39, 0.29) is 23.7 Å². The third-order valence-electron chi connectivity index (χ3n) is 4.52. The van der Waals surface area contributed by atoms with E-state index < -0.39 is 0 Å². The molecule has 5 nitrogen and oxygen atoms in total. The first kappa shape index (κ1) is 18.8. The summed E-state index contributed by atoms with van der Waals surface area (Å²) < 4.78 is 5.34. The van der Waals surface area contributed by atoms with Gasteiger partial charge in [-0.25, -0.2) is 0 Å². The number of anilines is 1. The Labute approximate surface area is 159 Å². The van der Waals surface area contributed by atoms with Gasteiger partial charge in [-0.3, -0.25) is 14.6 Å². The smallest absolute Gasteiger partial charge is 0.221 e. The van der Waals surface area contributed by atoms with E-state index in [1.807, 2.05) is 18.2 Å². The van der Waals surface area contributed by atoms with E-state index in [9.17, 15) is 9.59 Å². The largest absolute Gasteiger partial charge is 0.497 e. The van der Waals surface area contributed by atoms with Crippen molar-refractivity contribution in [1.29, 1.82) is 0 Å². The molecule has 0 spiro atoms. The summed E-state index contributed by atoms with van der Waals surface area (Å²) in [4.78, 5) is 29.0. The second-order valence-corrected chi connectivity index (χ2v) is 7.43. The minimum atomic E-state index is -0.255. The lowest BCUT2D eigenvalue weighted by Gasteiger charge is -2.29. The van der Waals surface area contributed by atoms with E-state index >= 15 is 0 Å². The highest BCUT2D eigenvalue weighted by molar-refractivity contribution is 6.17. The molecule has 0 aliphatic carbocycles. The molecule has 2 aromatic carbocycles. The van der Waals surface area contributed by atoms with Gasteiger partial charge in [0.15, 0.2) is 5.78 Å². The molecule has 0 bridgehead atoms. The highest BCUT2D eigenvalue weighted by Gasteiger charge is 2.28. The minimum Gasteiger partial charge on any atom is -0.497 e. The number of aliphatic imine (C=N–C) groups is 1. The zero-order chi connectivity index (χ0) is 19.6. The minimum absolute atomic E-state index is 0.0348. The number of ketones is 1. The fourth-order valence-electron chi connectivity index (χ4n) is 3.40. The summed E-state index contributed by atoms with van der Waals surface area (Å²) in [5.74, 6) is 0.549. The third kappa shape index (κ3) is 4.42. The predicted molar refractivity (Wildman–Crippen MR) is 107 cm³/mol. The van der Waals surface area contributed by atoms with E-state index in [1.165, 1.54) is 12.5 Å². The van der Waals surface area contributed by atoms with Gasteiger partial charge >= 0.3 is 0 Å². The van der Waals surface area contributed by atoms with Crippen molar-refractivity contribution in [1.82, 2.24) is 0 Å². The maximum atomic E-state index is 12.9. The second-order valence-electron chi connectivity index (χ2n) is 7.43. The van der Waals surface area contributed by atoms with Crippen LogP contribution in [0.3, 0.4) is 0 Å². The van der Waals surface area contributed by atoms with E-state index in [4.69, 9.17) is 9.73 Å². The molecule has 27 heavy (non-hydrogen) atoms. The lowest BCUT2D eigenvalue weighted by atomic mass is 9.85. The number of carbonyl (C=O) groups is 2. The second kappa shape index (κ2) is 7.35. The molecule has 1 aliphatic rings. The number of nitrogens with one attached hydrogen (secondary N) is 1. The summed E-state index contributed by atoms with van der Waals surface area (Å²) in [6.07, 6.45) is 1.02. The molecule has 2 aromatic rings. The zero-order valence-corrected chi connectivity index (χ0v) is 16.1. The molecule has 3 rings (SSSR count). The lowest BCUT2D eigenvalue weighted by Crippen LogP contribution is -2.30. The summed E-state index contributed by atoms with van der Waals surface area (Å²) >= 11 is 0. The Morgan fingerprint density at radius 1 is 1.19 bits per heavy atom. The van der Waals surface area contributed by atoms with Crippen molar-refractivity contribution in [3.05, 3.63) is 59.2 Å². The number of nitrogens with zero attached hydrogens (tertiary/aromatic N) is 1. The van der Waals surface area contributed by atoms with Crippen LogP contribution in [-0.2, 0) is 11.2 Å². The number of ether oxygens (including phenoxy) is 1. The first-order valence-electron chi connectivity index (χ1n) is 8.94. The van der Waals surface area contributed by atoms with Gasteiger partial charge in [-0.2, -0.15) is 0 Å². The molecule has 0 radical (unpaired) electrons. The Morgan fingerprint density at radius 3 is 2.67 bits per heavy atom. The van der Waals surface area contributed by atoms with Crippen LogP contribution in [0, 0.1) is 0 Å². The normalized spacial score (nSPS) is 14.7. The molecule has 5 heteroatoms. The average Bonchev–Trinajstić information content (AvgIpc) is 2.60. The highest BCUT2D eigenvalue weighted by Crippen LogP contribution is 2.31. The van der Waals surface area contributed by atoms with Crippen LogP contribution in [0.1, 0.15) is 48.7 Å². The number of methoxy groups -OCH3 is 1. The van der Waals surface area contributed by atoms with E-state index in [0.29, 0.717) is 11.3 Å². The van der Waals surface area contributed by atoms with Crippen molar-refractivity contribution >= 4 is 23.1 Å². The van der Waals surface area contributed by atoms with Crippen LogP contribution in [0.4, 0.5) is 5.69 Å². The van der Waals surface area contributed by atoms with Crippen molar-refractivity contribution in [2.45, 2.75) is 39.2 Å². The summed E-state index contributed by atoms with van der Waals surface area (Å²) in [6, 6.07) is 12.9. The number of benzene rings is 2. The first-order valence-corrected chi connectivity index (χ1v) is 8.94. The van der Waals surface area contributed by atoms with Gasteiger partial charge in [0.1, 0.15) is 5.75 Å². The van der Waals surface area contributed by atoms with Crippen LogP contribution in [0.25, 0.3) is 0 Å². The van der Waals surface area contributed by atoms with Gasteiger partial charge in [0.25, 0.3) is 0 Å². The molecular weight excluding hydrogens is 340 g/mol. The summed E-state index contributed by atoms with van der Waals surface area (Å²) in [7, 11) is 1.63. The van der Waals surface area contributed by atoms with Crippen LogP contribution in [0.15, 0.2) is 47.5 Å². The molecular formula is C22H24N2O3. The number of Topliss-reactive ketones (excluding diaryl/α,β-unsaturated/α-hetero) is 1. The Hall–Kier alpha value is -2.95. The average molecular weight is 364 g/mol. The van der Waals surface area contributed by atoms with Crippen LogP contribution < -0.4 is 10.1 Å². The molecule has 1 N–H and O–H groups in total. The number of amides is 1. The molecule has 1 amide bonds. The summed E-state index contributed by atoms with van der Waals surface area (Å²) in [6.45, 7) is 5.59. The highest BCUT2D eigenvalue weighted by atomic mass is 16.5. The third-order valence-corrected chi connectivity index (χ3v) is 4.52. The molecule has 1 heterocycles. The molecule has 0 saturated heterocycles. The van der Waals surface area contributed by atoms with Crippen molar-refractivity contribution < 1.29 is 14.3 Å². The Bertz CT molecular complexity index is 929. The predicted octanol–water partition coefficient (Wildman–Crippen LogP) is 4.05. The lowest BCUT2D eigenvalue weighted by molar-refractivity contribution is -0.114. The van der Waals surface area contributed by atoms with Gasteiger partial charge in [0, 0.05) is 23.7 Å². The van der Waals surface area contributed by atoms with Gasteiger partial charge in [0.2, 0.25) is 5.91 Å². The molecule has 0 unspecified atom stereocenters. The summed E-state index contributed by atoms with van der Waals surface area (Å²) in [5, 5.41) is 2.71. The van der Waals surface area contributed by atoms with Gasteiger partial charge in [-0.15, -0.1) is 0 Å². The Balaban J connectivity index is 1.91. The van der Waals surface area contributed by atoms with Crippen molar-refractivity contribution in [2.24, 2.45) is 4.99 Å². The van der Waals surface area contributed by atoms with Gasteiger partial charge in [0.05, 0.1) is 24.8 Å². The van der Waals surface area contributed by atoms with Crippen molar-refractivity contribution in [3.63, 3.8) is 0 Å². The monoisotopic (exact) mass is 364 g/mol. The maximum absolute atomic E-state index is 12.9. The fraction of sp³-hybridized carbons (Fsp3) is 0.318. The number of fused-ring (bicyclic) bond motifs is 1. The van der Waals surface area contributed by atoms with Gasteiger partial charge < -0.3 is 10.1 Å². The molecule has 0 saturated carbocycles. The number of hydrogen-bond donors (Lipinski definition) is 1. The zero-order valence-electron chi connectivity index (χ0n) is 16.1. The standard InChI is InChI=1S/C22H24N2O3/c1-14(25)23-17-7-5-6-15(10-17)21(26)12-20-19-11-18(27-4)9-8-16(19)13-22(2,3)24-20/h5-11H,12-13H2,1-4H3,(H,23,25). The van der Waals surface area contributed by atoms with E-state index in [0.717, 1.165) is 23.4 Å². The summed E-state index contributed by atoms with van der Waals surface area (Å²) in [5.41, 5.74) is 3.83. The number of rotatable bonds is 5. The van der Waals surface area contributed by atoms with Crippen molar-refractivity contribution in [3.8, 4) is 5.75 Å². The maximum Gasteiger partial charge on any atom is 0.221 e. The number of carbonyl (C=O) groups excluding carboxylic acids is 2. The Kier molecular flexibility index (Phi) is 5.13. The van der Waals surface area contributed by atoms with Crippen LogP contribution in [-0.4, -0.2) is 30.1 Å². The SMILES string of the molecule is COc1ccc2c(c1)C(CC(=O)c1cccc(NC(C)=O)c1)=NC(C)(C)C2. The van der Waals surface area contributed by atoms with Crippen LogP contribution >= 0.6 is 0 Å². The van der Waals surface area contributed by atoms with E-state index in [2.05, 4.69) is 19.2 Å². The van der Waals surface area contributed by atoms with Gasteiger partial charge in [-0.1, -0.05) is 18.2 Å². The first-order chi connectivity index (χ1) is 12.8. The van der Waals surface area contributed by atoms with Gasteiger partial charge in [-0.05, 0) is 50.1 Å². The molecule has 0 atom stereocenters. The number of hydrogen-bond acceptors (Lipinski definition) is 4. The quantitative estimate of drug-likeness (QED) is 0.814. The van der Waals surface area contributed by atoms with Crippen molar-refractivity contribution in [2.75, 3.05) is 12.4 Å². The molecule has 0 aromatic heterocycles.